The van der Waals surface area contributed by atoms with Gasteiger partial charge in [0.15, 0.2) is 0 Å². The molecule has 102 valence electrons. The highest BCUT2D eigenvalue weighted by molar-refractivity contribution is 6.34. The molecule has 1 saturated heterocycles. The lowest BCUT2D eigenvalue weighted by atomic mass is 10.1. The molecule has 0 saturated carbocycles. The number of hydrogen-bond acceptors (Lipinski definition) is 3. The molecule has 0 aromatic carbocycles. The molecule has 0 radical (unpaired) electrons. The average molecular weight is 302 g/mol. The van der Waals surface area contributed by atoms with Gasteiger partial charge in [0, 0.05) is 13.1 Å². The number of nitrogens with zero attached hydrogens (tertiary/aromatic N) is 2. The Labute approximate surface area is 120 Å². The fraction of sp³-hybridized carbons (Fsp3) is 0.417. The number of carbonyl (C=O) groups is 2. The number of rotatable bonds is 2. The first-order valence-electron chi connectivity index (χ1n) is 5.95. The van der Waals surface area contributed by atoms with E-state index in [1.54, 1.807) is 0 Å². The third-order valence-electron chi connectivity index (χ3n) is 2.99. The third kappa shape index (κ3) is 2.82. The molecule has 0 aliphatic carbocycles. The summed E-state index contributed by atoms with van der Waals surface area (Å²) in [5, 5.41) is 3.16. The zero-order valence-electron chi connectivity index (χ0n) is 10.3. The van der Waals surface area contributed by atoms with Crippen molar-refractivity contribution in [3.8, 4) is 0 Å². The van der Waals surface area contributed by atoms with Crippen LogP contribution >= 0.6 is 23.2 Å². The minimum atomic E-state index is -0.488. The van der Waals surface area contributed by atoms with Crippen molar-refractivity contribution in [2.75, 3.05) is 13.1 Å². The van der Waals surface area contributed by atoms with Crippen LogP contribution in [0.25, 0.3) is 0 Å². The van der Waals surface area contributed by atoms with Crippen LogP contribution in [0.2, 0.25) is 10.2 Å². The van der Waals surface area contributed by atoms with Crippen LogP contribution in [0, 0.1) is 0 Å². The van der Waals surface area contributed by atoms with Gasteiger partial charge in [-0.2, -0.15) is 0 Å². The predicted molar refractivity (Wildman–Crippen MR) is 72.4 cm³/mol. The number of pyridine rings is 1. The van der Waals surface area contributed by atoms with Crippen molar-refractivity contribution in [2.45, 2.75) is 19.4 Å². The van der Waals surface area contributed by atoms with Crippen molar-refractivity contribution in [2.24, 2.45) is 0 Å². The molecule has 1 aromatic rings. The molecule has 2 amide bonds. The maximum Gasteiger partial charge on any atom is 0.274 e. The molecule has 1 unspecified atom stereocenters. The van der Waals surface area contributed by atoms with E-state index in [1.165, 1.54) is 17.0 Å². The first-order chi connectivity index (χ1) is 9.04. The molecule has 1 atom stereocenters. The van der Waals surface area contributed by atoms with E-state index in [2.05, 4.69) is 10.3 Å². The highest BCUT2D eigenvalue weighted by atomic mass is 35.5. The molecule has 1 aliphatic heterocycles. The molecule has 1 aromatic heterocycles. The van der Waals surface area contributed by atoms with Crippen LogP contribution < -0.4 is 5.32 Å². The normalized spacial score (nSPS) is 19.2. The summed E-state index contributed by atoms with van der Waals surface area (Å²) in [6.45, 7) is 2.72. The van der Waals surface area contributed by atoms with Crippen molar-refractivity contribution in [1.29, 1.82) is 0 Å². The number of halogens is 2. The van der Waals surface area contributed by atoms with E-state index in [4.69, 9.17) is 23.2 Å². The fourth-order valence-electron chi connectivity index (χ4n) is 2.07. The van der Waals surface area contributed by atoms with Crippen molar-refractivity contribution < 1.29 is 9.59 Å². The van der Waals surface area contributed by atoms with E-state index in [1.807, 2.05) is 6.92 Å². The molecule has 1 N–H and O–H groups in total. The number of piperazine rings is 1. The van der Waals surface area contributed by atoms with Gasteiger partial charge in [-0.25, -0.2) is 4.98 Å². The average Bonchev–Trinajstić information content (AvgIpc) is 2.40. The Hall–Kier alpha value is -1.33. The van der Waals surface area contributed by atoms with Gasteiger partial charge >= 0.3 is 0 Å². The molecule has 19 heavy (non-hydrogen) atoms. The predicted octanol–water partition coefficient (Wildman–Crippen LogP) is 1.74. The summed E-state index contributed by atoms with van der Waals surface area (Å²) in [5.74, 6) is -0.519. The van der Waals surface area contributed by atoms with E-state index in [-0.39, 0.29) is 27.7 Å². The van der Waals surface area contributed by atoms with E-state index in [9.17, 15) is 9.59 Å². The highest BCUT2D eigenvalue weighted by Gasteiger charge is 2.33. The van der Waals surface area contributed by atoms with Crippen molar-refractivity contribution in [3.05, 3.63) is 28.0 Å². The van der Waals surface area contributed by atoms with Crippen molar-refractivity contribution >= 4 is 35.0 Å². The second-order valence-corrected chi connectivity index (χ2v) is 4.97. The van der Waals surface area contributed by atoms with Crippen LogP contribution in [0.4, 0.5) is 0 Å². The zero-order chi connectivity index (χ0) is 14.0. The van der Waals surface area contributed by atoms with E-state index < -0.39 is 6.04 Å². The van der Waals surface area contributed by atoms with Crippen molar-refractivity contribution in [1.82, 2.24) is 15.2 Å². The van der Waals surface area contributed by atoms with Crippen LogP contribution in [0.1, 0.15) is 23.8 Å². The van der Waals surface area contributed by atoms with Gasteiger partial charge in [0.25, 0.3) is 5.91 Å². The van der Waals surface area contributed by atoms with Crippen LogP contribution in [0.15, 0.2) is 12.1 Å². The minimum absolute atomic E-state index is 0.0855. The maximum absolute atomic E-state index is 12.4. The number of nitrogens with one attached hydrogen (secondary N) is 1. The highest BCUT2D eigenvalue weighted by Crippen LogP contribution is 2.20. The molecule has 0 bridgehead atoms. The summed E-state index contributed by atoms with van der Waals surface area (Å²) >= 11 is 11.7. The summed E-state index contributed by atoms with van der Waals surface area (Å²) in [4.78, 5) is 29.6. The van der Waals surface area contributed by atoms with Gasteiger partial charge in [0.1, 0.15) is 16.9 Å². The van der Waals surface area contributed by atoms with Gasteiger partial charge < -0.3 is 10.2 Å². The molecule has 1 aliphatic rings. The number of amides is 2. The lowest BCUT2D eigenvalue weighted by molar-refractivity contribution is -0.127. The SMILES string of the molecule is CCC1C(=O)NCCN1C(=O)c1nc(Cl)ccc1Cl. The molecular weight excluding hydrogens is 289 g/mol. The van der Waals surface area contributed by atoms with E-state index in [0.29, 0.717) is 19.5 Å². The van der Waals surface area contributed by atoms with Crippen LogP contribution in [-0.4, -0.2) is 40.8 Å². The lowest BCUT2D eigenvalue weighted by Gasteiger charge is -2.34. The Morgan fingerprint density at radius 3 is 2.95 bits per heavy atom. The monoisotopic (exact) mass is 301 g/mol. The van der Waals surface area contributed by atoms with Crippen LogP contribution in [-0.2, 0) is 4.79 Å². The molecule has 2 heterocycles. The van der Waals surface area contributed by atoms with Crippen molar-refractivity contribution in [3.63, 3.8) is 0 Å². The second-order valence-electron chi connectivity index (χ2n) is 4.18. The quantitative estimate of drug-likeness (QED) is 0.846. The van der Waals surface area contributed by atoms with Crippen LogP contribution in [0.3, 0.4) is 0 Å². The Kier molecular flexibility index (Phi) is 4.27. The number of hydrogen-bond donors (Lipinski definition) is 1. The summed E-state index contributed by atoms with van der Waals surface area (Å²) in [5.41, 5.74) is 0.0855. The third-order valence-corrected chi connectivity index (χ3v) is 3.51. The first-order valence-corrected chi connectivity index (χ1v) is 6.71. The van der Waals surface area contributed by atoms with Gasteiger partial charge in [0.05, 0.1) is 5.02 Å². The van der Waals surface area contributed by atoms with E-state index in [0.717, 1.165) is 0 Å². The standard InChI is InChI=1S/C12H13Cl2N3O2/c1-2-8-11(18)15-5-6-17(8)12(19)10-7(13)3-4-9(14)16-10/h3-4,8H,2,5-6H2,1H3,(H,15,18). The summed E-state index contributed by atoms with van der Waals surface area (Å²) in [6, 6.07) is 2.55. The molecule has 7 heteroatoms. The smallest absolute Gasteiger partial charge is 0.274 e. The first kappa shape index (κ1) is 14.1. The molecule has 5 nitrogen and oxygen atoms in total. The topological polar surface area (TPSA) is 62.3 Å². The summed E-state index contributed by atoms with van der Waals surface area (Å²) in [7, 11) is 0. The zero-order valence-corrected chi connectivity index (χ0v) is 11.8. The summed E-state index contributed by atoms with van der Waals surface area (Å²) < 4.78 is 0. The molecule has 0 spiro atoms. The molecular formula is C12H13Cl2N3O2. The largest absolute Gasteiger partial charge is 0.353 e. The van der Waals surface area contributed by atoms with Gasteiger partial charge in [-0.15, -0.1) is 0 Å². The Balaban J connectivity index is 2.32. The fourth-order valence-corrected chi connectivity index (χ4v) is 2.40. The van der Waals surface area contributed by atoms with Crippen LogP contribution in [0.5, 0.6) is 0 Å². The van der Waals surface area contributed by atoms with Gasteiger partial charge in [-0.3, -0.25) is 9.59 Å². The Morgan fingerprint density at radius 1 is 1.53 bits per heavy atom. The molecule has 2 rings (SSSR count). The Bertz CT molecular complexity index is 522. The lowest BCUT2D eigenvalue weighted by Crippen LogP contribution is -2.57. The van der Waals surface area contributed by atoms with Gasteiger partial charge in [-0.1, -0.05) is 30.1 Å². The minimum Gasteiger partial charge on any atom is -0.353 e. The molecule has 1 fully saturated rings. The second kappa shape index (κ2) is 5.75. The van der Waals surface area contributed by atoms with Gasteiger partial charge in [0.2, 0.25) is 5.91 Å². The Morgan fingerprint density at radius 2 is 2.26 bits per heavy atom. The van der Waals surface area contributed by atoms with Gasteiger partial charge in [-0.05, 0) is 18.6 Å². The summed E-state index contributed by atoms with van der Waals surface area (Å²) in [6.07, 6.45) is 0.537. The number of carbonyl (C=O) groups excluding carboxylic acids is 2. The number of aromatic nitrogens is 1. The van der Waals surface area contributed by atoms with E-state index >= 15 is 0 Å². The maximum atomic E-state index is 12.4.